The number of esters is 1. The quantitative estimate of drug-likeness (QED) is 0.733. The lowest BCUT2D eigenvalue weighted by atomic mass is 10.2. The molecule has 0 saturated carbocycles. The highest BCUT2D eigenvalue weighted by atomic mass is 32.2. The van der Waals surface area contributed by atoms with Crippen LogP contribution < -0.4 is 0 Å². The van der Waals surface area contributed by atoms with Gasteiger partial charge in [-0.25, -0.2) is 9.78 Å². The number of hydrogen-bond acceptors (Lipinski definition) is 4. The molecule has 18 heavy (non-hydrogen) atoms. The number of thioether (sulfide) groups is 1. The van der Waals surface area contributed by atoms with Gasteiger partial charge < -0.3 is 4.74 Å². The molecule has 1 aliphatic rings. The molecule has 0 atom stereocenters. The topological polar surface area (TPSA) is 39.2 Å². The van der Waals surface area contributed by atoms with Gasteiger partial charge in [-0.2, -0.15) is 0 Å². The fourth-order valence-electron chi connectivity index (χ4n) is 1.66. The summed E-state index contributed by atoms with van der Waals surface area (Å²) in [5.74, 6) is 0.196. The lowest BCUT2D eigenvalue weighted by molar-refractivity contribution is 0.0689. The van der Waals surface area contributed by atoms with Gasteiger partial charge in [-0.05, 0) is 12.1 Å². The first-order valence-electron chi connectivity index (χ1n) is 5.44. The average Bonchev–Trinajstić information content (AvgIpc) is 2.60. The van der Waals surface area contributed by atoms with Gasteiger partial charge in [0.15, 0.2) is 0 Å². The van der Waals surface area contributed by atoms with E-state index >= 15 is 0 Å². The summed E-state index contributed by atoms with van der Waals surface area (Å²) in [6.45, 7) is 0. The normalized spacial score (nSPS) is 14.2. The van der Waals surface area contributed by atoms with E-state index in [0.29, 0.717) is 16.3 Å². The molecular weight excluding hydrogens is 246 g/mol. The van der Waals surface area contributed by atoms with Crippen LogP contribution in [0.25, 0.3) is 5.76 Å². The van der Waals surface area contributed by atoms with Gasteiger partial charge in [0.25, 0.3) is 0 Å². The zero-order valence-corrected chi connectivity index (χ0v) is 10.2. The molecule has 88 valence electrons. The highest BCUT2D eigenvalue weighted by molar-refractivity contribution is 8.02. The lowest BCUT2D eigenvalue weighted by Crippen LogP contribution is -2.04. The maximum Gasteiger partial charge on any atom is 0.346 e. The summed E-state index contributed by atoms with van der Waals surface area (Å²) in [4.78, 5) is 16.1. The summed E-state index contributed by atoms with van der Waals surface area (Å²) < 4.78 is 5.39. The molecule has 2 heterocycles. The molecular formula is C14H9NO2S. The number of pyridine rings is 1. The van der Waals surface area contributed by atoms with Gasteiger partial charge in [0, 0.05) is 17.2 Å². The Bertz CT molecular complexity index is 623. The van der Waals surface area contributed by atoms with E-state index in [1.807, 2.05) is 35.7 Å². The summed E-state index contributed by atoms with van der Waals surface area (Å²) in [5.41, 5.74) is 1.39. The Kier molecular flexibility index (Phi) is 2.86. The van der Waals surface area contributed by atoms with Crippen LogP contribution in [0.15, 0.2) is 59.1 Å². The number of carbonyl (C=O) groups is 1. The summed E-state index contributed by atoms with van der Waals surface area (Å²) in [6, 6.07) is 13.0. The van der Waals surface area contributed by atoms with Crippen molar-refractivity contribution in [2.45, 2.75) is 5.03 Å². The first-order valence-corrected chi connectivity index (χ1v) is 6.32. The van der Waals surface area contributed by atoms with E-state index < -0.39 is 0 Å². The Hall–Kier alpha value is -2.07. The van der Waals surface area contributed by atoms with Crippen LogP contribution in [0.2, 0.25) is 0 Å². The second-order valence-electron chi connectivity index (χ2n) is 3.71. The second kappa shape index (κ2) is 4.66. The van der Waals surface area contributed by atoms with Crippen LogP contribution in [0, 0.1) is 0 Å². The Morgan fingerprint density at radius 2 is 1.89 bits per heavy atom. The van der Waals surface area contributed by atoms with E-state index in [1.165, 1.54) is 11.8 Å². The van der Waals surface area contributed by atoms with E-state index in [4.69, 9.17) is 4.74 Å². The zero-order chi connectivity index (χ0) is 12.4. The predicted octanol–water partition coefficient (Wildman–Crippen LogP) is 3.34. The highest BCUT2D eigenvalue weighted by Gasteiger charge is 2.20. The van der Waals surface area contributed by atoms with Crippen LogP contribution in [-0.4, -0.2) is 11.0 Å². The number of carbonyl (C=O) groups excluding carboxylic acids is 1. The van der Waals surface area contributed by atoms with Gasteiger partial charge in [0.2, 0.25) is 0 Å². The molecule has 1 aliphatic heterocycles. The summed E-state index contributed by atoms with van der Waals surface area (Å²) in [5, 5.41) is 2.49. The number of cyclic esters (lactones) is 1. The fraction of sp³-hybridized carbons (Fsp3) is 0. The standard InChI is InChI=1S/C14H9NO2S/c16-14-11-7-4-8-15-13(11)18-9-12(17-14)10-5-2-1-3-6-10/h1-9H. The minimum atomic E-state index is -0.363. The van der Waals surface area contributed by atoms with E-state index in [9.17, 15) is 4.79 Å². The summed E-state index contributed by atoms with van der Waals surface area (Å²) in [7, 11) is 0. The van der Waals surface area contributed by atoms with Crippen molar-refractivity contribution in [3.05, 3.63) is 65.2 Å². The van der Waals surface area contributed by atoms with Crippen molar-refractivity contribution in [1.82, 2.24) is 4.98 Å². The number of benzene rings is 1. The molecule has 0 N–H and O–H groups in total. The molecule has 3 nitrogen and oxygen atoms in total. The van der Waals surface area contributed by atoms with Crippen LogP contribution in [0.3, 0.4) is 0 Å². The molecule has 0 spiro atoms. The SMILES string of the molecule is O=C1OC(c2ccccc2)=CSc2ncccc21. The van der Waals surface area contributed by atoms with Gasteiger partial charge >= 0.3 is 5.97 Å². The first kappa shape index (κ1) is 11.0. The van der Waals surface area contributed by atoms with Crippen molar-refractivity contribution < 1.29 is 9.53 Å². The molecule has 0 saturated heterocycles. The van der Waals surface area contributed by atoms with E-state index in [2.05, 4.69) is 4.98 Å². The average molecular weight is 255 g/mol. The van der Waals surface area contributed by atoms with Crippen molar-refractivity contribution in [3.63, 3.8) is 0 Å². The van der Waals surface area contributed by atoms with Gasteiger partial charge in [-0.1, -0.05) is 42.1 Å². The largest absolute Gasteiger partial charge is 0.422 e. The Morgan fingerprint density at radius 1 is 1.06 bits per heavy atom. The minimum absolute atomic E-state index is 0.363. The lowest BCUT2D eigenvalue weighted by Gasteiger charge is -2.05. The van der Waals surface area contributed by atoms with Gasteiger partial charge in [0.1, 0.15) is 10.8 Å². The monoisotopic (exact) mass is 255 g/mol. The van der Waals surface area contributed by atoms with Crippen LogP contribution in [0.5, 0.6) is 0 Å². The van der Waals surface area contributed by atoms with Gasteiger partial charge in [-0.15, -0.1) is 0 Å². The van der Waals surface area contributed by atoms with Gasteiger partial charge in [-0.3, -0.25) is 0 Å². The molecule has 0 radical (unpaired) electrons. The van der Waals surface area contributed by atoms with Crippen LogP contribution in [-0.2, 0) is 4.74 Å². The molecule has 1 aromatic heterocycles. The van der Waals surface area contributed by atoms with Crippen LogP contribution in [0.4, 0.5) is 0 Å². The third-order valence-corrected chi connectivity index (χ3v) is 3.41. The molecule has 0 unspecified atom stereocenters. The van der Waals surface area contributed by atoms with Crippen molar-refractivity contribution in [1.29, 1.82) is 0 Å². The fourth-order valence-corrected chi connectivity index (χ4v) is 2.46. The van der Waals surface area contributed by atoms with Crippen molar-refractivity contribution >= 4 is 23.5 Å². The summed E-state index contributed by atoms with van der Waals surface area (Å²) >= 11 is 1.40. The molecule has 2 aromatic rings. The minimum Gasteiger partial charge on any atom is -0.422 e. The molecule has 0 amide bonds. The van der Waals surface area contributed by atoms with Crippen molar-refractivity contribution in [2.24, 2.45) is 0 Å². The molecule has 1 aromatic carbocycles. The zero-order valence-electron chi connectivity index (χ0n) is 9.37. The molecule has 0 fully saturated rings. The van der Waals surface area contributed by atoms with Crippen LogP contribution >= 0.6 is 11.8 Å². The molecule has 3 rings (SSSR count). The molecule has 0 bridgehead atoms. The second-order valence-corrected chi connectivity index (χ2v) is 4.57. The Morgan fingerprint density at radius 3 is 2.72 bits per heavy atom. The van der Waals surface area contributed by atoms with E-state index in [1.54, 1.807) is 18.3 Å². The molecule has 0 aliphatic carbocycles. The van der Waals surface area contributed by atoms with Gasteiger partial charge in [0.05, 0.1) is 5.56 Å². The summed E-state index contributed by atoms with van der Waals surface area (Å²) in [6.07, 6.45) is 1.67. The van der Waals surface area contributed by atoms with Crippen molar-refractivity contribution in [3.8, 4) is 0 Å². The maximum absolute atomic E-state index is 12.0. The Balaban J connectivity index is 2.00. The smallest absolute Gasteiger partial charge is 0.346 e. The third-order valence-electron chi connectivity index (χ3n) is 2.53. The number of ether oxygens (including phenoxy) is 1. The molecule has 4 heteroatoms. The number of rotatable bonds is 1. The number of nitrogens with zero attached hydrogens (tertiary/aromatic N) is 1. The van der Waals surface area contributed by atoms with E-state index in [-0.39, 0.29) is 5.97 Å². The third kappa shape index (κ3) is 2.02. The maximum atomic E-state index is 12.0. The first-order chi connectivity index (χ1) is 8.84. The Labute approximate surface area is 109 Å². The highest BCUT2D eigenvalue weighted by Crippen LogP contribution is 2.31. The van der Waals surface area contributed by atoms with Crippen molar-refractivity contribution in [2.75, 3.05) is 0 Å². The predicted molar refractivity (Wildman–Crippen MR) is 69.9 cm³/mol. The van der Waals surface area contributed by atoms with E-state index in [0.717, 1.165) is 5.56 Å². The number of fused-ring (bicyclic) bond motifs is 1. The van der Waals surface area contributed by atoms with Crippen LogP contribution in [0.1, 0.15) is 15.9 Å². The number of hydrogen-bond donors (Lipinski definition) is 0. The number of aromatic nitrogens is 1.